The first-order valence-electron chi connectivity index (χ1n) is 8.97. The molecule has 2 fully saturated rings. The average molecular weight is 412 g/mol. The first-order chi connectivity index (χ1) is 13.2. The van der Waals surface area contributed by atoms with Gasteiger partial charge in [-0.2, -0.15) is 17.0 Å². The maximum atomic E-state index is 12.8. The van der Waals surface area contributed by atoms with E-state index in [1.54, 1.807) is 0 Å². The van der Waals surface area contributed by atoms with Gasteiger partial charge in [-0.25, -0.2) is 0 Å². The van der Waals surface area contributed by atoms with Crippen LogP contribution in [0.25, 0.3) is 0 Å². The van der Waals surface area contributed by atoms with Gasteiger partial charge in [0.1, 0.15) is 5.69 Å². The zero-order valence-corrected chi connectivity index (χ0v) is 16.5. The van der Waals surface area contributed by atoms with Gasteiger partial charge in [-0.05, 0) is 19.2 Å². The van der Waals surface area contributed by atoms with Crippen LogP contribution >= 0.6 is 0 Å². The van der Waals surface area contributed by atoms with E-state index in [9.17, 15) is 23.3 Å². The highest BCUT2D eigenvalue weighted by Gasteiger charge is 2.35. The van der Waals surface area contributed by atoms with Crippen molar-refractivity contribution in [3.05, 3.63) is 33.9 Å². The number of benzene rings is 1. The molecule has 0 radical (unpaired) electrons. The topological polar surface area (TPSA) is 133 Å². The largest absolute Gasteiger partial charge is 0.393 e. The number of hydrogen-bond donors (Lipinski definition) is 1. The smallest absolute Gasteiger partial charge is 0.292 e. The van der Waals surface area contributed by atoms with Crippen molar-refractivity contribution < 1.29 is 18.1 Å². The van der Waals surface area contributed by atoms with Crippen molar-refractivity contribution in [3.8, 4) is 0 Å². The fraction of sp³-hybridized carbons (Fsp3) is 0.562. The van der Waals surface area contributed by atoms with Gasteiger partial charge in [-0.15, -0.1) is 0 Å². The highest BCUT2D eigenvalue weighted by atomic mass is 32.2. The molecular formula is C16H24N6O5S. The molecule has 1 aromatic carbocycles. The Bertz CT molecular complexity index is 860. The normalized spacial score (nSPS) is 20.2. The maximum absolute atomic E-state index is 12.8. The van der Waals surface area contributed by atoms with E-state index in [0.29, 0.717) is 26.2 Å². The van der Waals surface area contributed by atoms with E-state index in [0.717, 1.165) is 6.07 Å². The Morgan fingerprint density at radius 2 is 1.57 bits per heavy atom. The third-order valence-electron chi connectivity index (χ3n) is 5.11. The molecular weight excluding hydrogens is 388 g/mol. The minimum absolute atomic E-state index is 0.00959. The number of carbonyl (C=O) groups is 1. The van der Waals surface area contributed by atoms with Crippen LogP contribution in [-0.4, -0.2) is 97.1 Å². The van der Waals surface area contributed by atoms with Crippen LogP contribution in [0.3, 0.4) is 0 Å². The van der Waals surface area contributed by atoms with Gasteiger partial charge in [0.15, 0.2) is 0 Å². The second-order valence-electron chi connectivity index (χ2n) is 6.93. The Hall–Kier alpha value is -2.28. The van der Waals surface area contributed by atoms with Gasteiger partial charge in [0.05, 0.1) is 4.92 Å². The number of hydrogen-bond acceptors (Lipinski definition) is 7. The molecule has 0 spiro atoms. The number of carbonyl (C=O) groups excluding carboxylic acids is 1. The molecule has 0 bridgehead atoms. The number of nitro groups is 1. The second-order valence-corrected chi connectivity index (χ2v) is 8.86. The van der Waals surface area contributed by atoms with Gasteiger partial charge in [0.2, 0.25) is 0 Å². The van der Waals surface area contributed by atoms with E-state index in [1.807, 2.05) is 7.05 Å². The van der Waals surface area contributed by atoms with Gasteiger partial charge in [0, 0.05) is 64.0 Å². The minimum Gasteiger partial charge on any atom is -0.393 e. The first kappa shape index (κ1) is 20.5. The Kier molecular flexibility index (Phi) is 5.84. The summed E-state index contributed by atoms with van der Waals surface area (Å²) in [7, 11) is -1.60. The van der Waals surface area contributed by atoms with E-state index in [1.165, 1.54) is 25.6 Å². The van der Waals surface area contributed by atoms with Gasteiger partial charge in [-0.1, -0.05) is 0 Å². The van der Waals surface area contributed by atoms with Crippen LogP contribution in [0.1, 0.15) is 10.4 Å². The molecule has 3 rings (SSSR count). The zero-order valence-electron chi connectivity index (χ0n) is 15.7. The highest BCUT2D eigenvalue weighted by Crippen LogP contribution is 2.24. The third-order valence-corrected chi connectivity index (χ3v) is 7.15. The quantitative estimate of drug-likeness (QED) is 0.397. The van der Waals surface area contributed by atoms with Crippen molar-refractivity contribution in [2.75, 3.05) is 65.1 Å². The summed E-state index contributed by atoms with van der Waals surface area (Å²) in [5.41, 5.74) is 5.40. The molecule has 2 aliphatic rings. The maximum Gasteiger partial charge on any atom is 0.292 e. The summed E-state index contributed by atoms with van der Waals surface area (Å²) in [6, 6.07) is 3.93. The fourth-order valence-electron chi connectivity index (χ4n) is 3.32. The highest BCUT2D eigenvalue weighted by molar-refractivity contribution is 7.86. The predicted octanol–water partition coefficient (Wildman–Crippen LogP) is -0.573. The molecule has 28 heavy (non-hydrogen) atoms. The molecule has 0 aliphatic carbocycles. The molecule has 2 N–H and O–H groups in total. The van der Waals surface area contributed by atoms with E-state index in [4.69, 9.17) is 5.73 Å². The molecule has 0 atom stereocenters. The summed E-state index contributed by atoms with van der Waals surface area (Å²) in [5.74, 6) is -0.375. The molecule has 2 aliphatic heterocycles. The predicted molar refractivity (Wildman–Crippen MR) is 103 cm³/mol. The first-order valence-corrected chi connectivity index (χ1v) is 10.4. The molecule has 2 heterocycles. The molecule has 0 aromatic heterocycles. The van der Waals surface area contributed by atoms with Gasteiger partial charge < -0.3 is 15.5 Å². The van der Waals surface area contributed by atoms with Crippen molar-refractivity contribution in [2.45, 2.75) is 0 Å². The Labute approximate surface area is 163 Å². The van der Waals surface area contributed by atoms with Crippen LogP contribution in [0, 0.1) is 10.1 Å². The van der Waals surface area contributed by atoms with Gasteiger partial charge in [-0.3, -0.25) is 14.9 Å². The van der Waals surface area contributed by atoms with Crippen LogP contribution in [0.15, 0.2) is 18.2 Å². The van der Waals surface area contributed by atoms with Crippen LogP contribution in [0.4, 0.5) is 11.4 Å². The Balaban J connectivity index is 1.64. The summed E-state index contributed by atoms with van der Waals surface area (Å²) in [6.07, 6.45) is 0. The molecule has 1 aromatic rings. The Morgan fingerprint density at radius 1 is 1.04 bits per heavy atom. The number of rotatable bonds is 4. The molecule has 0 saturated carbocycles. The summed E-state index contributed by atoms with van der Waals surface area (Å²) < 4.78 is 28.5. The molecule has 1 amide bonds. The molecule has 2 saturated heterocycles. The molecule has 154 valence electrons. The standard InChI is InChI=1S/C16H24N6O5S/c1-18-4-8-20(9-5-18)28(26,27)21-10-6-19(7-11-21)16(23)13-2-3-14(17)15(12-13)22(24)25/h2-3,12H,4-11,17H2,1H3. The third kappa shape index (κ3) is 4.09. The van der Waals surface area contributed by atoms with Gasteiger partial charge >= 0.3 is 0 Å². The number of nitro benzene ring substituents is 1. The SMILES string of the molecule is CN1CCN(S(=O)(=O)N2CCN(C(=O)c3ccc(N)c([N+](=O)[O-])c3)CC2)CC1. The lowest BCUT2D eigenvalue weighted by Gasteiger charge is -2.39. The second kappa shape index (κ2) is 7.99. The summed E-state index contributed by atoms with van der Waals surface area (Å²) in [4.78, 5) is 26.6. The number of likely N-dealkylation sites (N-methyl/N-ethyl adjacent to an activating group) is 1. The average Bonchev–Trinajstić information content (AvgIpc) is 2.68. The minimum atomic E-state index is -3.55. The number of amides is 1. The van der Waals surface area contributed by atoms with Crippen LogP contribution in [0.5, 0.6) is 0 Å². The van der Waals surface area contributed by atoms with Crippen molar-refractivity contribution in [2.24, 2.45) is 0 Å². The van der Waals surface area contributed by atoms with Crippen LogP contribution < -0.4 is 5.73 Å². The van der Waals surface area contributed by atoms with Crippen molar-refractivity contribution in [1.29, 1.82) is 0 Å². The van der Waals surface area contributed by atoms with Crippen LogP contribution in [-0.2, 0) is 10.2 Å². The van der Waals surface area contributed by atoms with Gasteiger partial charge in [0.25, 0.3) is 21.8 Å². The number of piperazine rings is 2. The van der Waals surface area contributed by atoms with E-state index in [2.05, 4.69) is 4.90 Å². The van der Waals surface area contributed by atoms with Crippen LogP contribution in [0.2, 0.25) is 0 Å². The molecule has 11 nitrogen and oxygen atoms in total. The lowest BCUT2D eigenvalue weighted by molar-refractivity contribution is -0.383. The van der Waals surface area contributed by atoms with E-state index >= 15 is 0 Å². The van der Waals surface area contributed by atoms with E-state index in [-0.39, 0.29) is 49.0 Å². The summed E-state index contributed by atoms with van der Waals surface area (Å²) >= 11 is 0. The number of nitrogens with two attached hydrogens (primary N) is 1. The number of anilines is 1. The zero-order chi connectivity index (χ0) is 20.5. The van der Waals surface area contributed by atoms with Crippen molar-refractivity contribution in [1.82, 2.24) is 18.4 Å². The van der Waals surface area contributed by atoms with Crippen molar-refractivity contribution in [3.63, 3.8) is 0 Å². The summed E-state index contributed by atoms with van der Waals surface area (Å²) in [5, 5.41) is 11.0. The fourth-order valence-corrected chi connectivity index (χ4v) is 4.90. The number of nitrogens with zero attached hydrogens (tertiary/aromatic N) is 5. The number of nitrogen functional groups attached to an aromatic ring is 1. The molecule has 12 heteroatoms. The lowest BCUT2D eigenvalue weighted by Crippen LogP contribution is -2.57. The Morgan fingerprint density at radius 3 is 2.11 bits per heavy atom. The summed E-state index contributed by atoms with van der Waals surface area (Å²) in [6.45, 7) is 3.12. The monoisotopic (exact) mass is 412 g/mol. The van der Waals surface area contributed by atoms with Crippen molar-refractivity contribution >= 4 is 27.5 Å². The van der Waals surface area contributed by atoms with E-state index < -0.39 is 15.1 Å². The molecule has 0 unspecified atom stereocenters. The lowest BCUT2D eigenvalue weighted by atomic mass is 10.1.